The maximum atomic E-state index is 12.7. The van der Waals surface area contributed by atoms with Crippen LogP contribution in [0.15, 0.2) is 77.8 Å². The molecule has 0 saturated heterocycles. The minimum absolute atomic E-state index is 0.110. The molecule has 0 saturated carbocycles. The molecule has 156 valence electrons. The van der Waals surface area contributed by atoms with Gasteiger partial charge >= 0.3 is 0 Å². The highest BCUT2D eigenvalue weighted by atomic mass is 32.2. The summed E-state index contributed by atoms with van der Waals surface area (Å²) < 4.78 is 34.7. The van der Waals surface area contributed by atoms with Crippen molar-refractivity contribution in [2.24, 2.45) is 0 Å². The highest BCUT2D eigenvalue weighted by Crippen LogP contribution is 2.17. The number of aromatic nitrogens is 3. The number of benzene rings is 2. The van der Waals surface area contributed by atoms with Gasteiger partial charge in [0, 0.05) is 12.7 Å². The van der Waals surface area contributed by atoms with Gasteiger partial charge in [-0.2, -0.15) is 0 Å². The highest BCUT2D eigenvalue weighted by Gasteiger charge is 2.15. The van der Waals surface area contributed by atoms with E-state index in [1.54, 1.807) is 29.8 Å². The van der Waals surface area contributed by atoms with Crippen molar-refractivity contribution < 1.29 is 13.2 Å². The highest BCUT2D eigenvalue weighted by molar-refractivity contribution is 7.89. The fourth-order valence-electron chi connectivity index (χ4n) is 2.65. The summed E-state index contributed by atoms with van der Waals surface area (Å²) in [5.41, 5.74) is 1.36. The molecule has 8 nitrogen and oxygen atoms in total. The Labute approximate surface area is 176 Å². The van der Waals surface area contributed by atoms with Crippen LogP contribution >= 0.6 is 0 Å². The summed E-state index contributed by atoms with van der Waals surface area (Å²) in [5.74, 6) is 1.65. The maximum Gasteiger partial charge on any atom is 0.261 e. The van der Waals surface area contributed by atoms with Gasteiger partial charge in [-0.3, -0.25) is 9.29 Å². The van der Waals surface area contributed by atoms with Crippen molar-refractivity contribution in [2.75, 3.05) is 12.4 Å². The number of hydrogen-bond acceptors (Lipinski definition) is 6. The van der Waals surface area contributed by atoms with Crippen molar-refractivity contribution in [3.63, 3.8) is 0 Å². The first kappa shape index (κ1) is 21.1. The molecule has 0 atom stereocenters. The number of rotatable bonds is 9. The summed E-state index contributed by atoms with van der Waals surface area (Å²) >= 11 is 0. The van der Waals surface area contributed by atoms with Gasteiger partial charge in [-0.15, -0.1) is 10.2 Å². The van der Waals surface area contributed by atoms with Gasteiger partial charge in [0.1, 0.15) is 11.6 Å². The third-order valence-corrected chi connectivity index (χ3v) is 5.67. The van der Waals surface area contributed by atoms with Crippen molar-refractivity contribution in [3.8, 4) is 5.75 Å². The first-order chi connectivity index (χ1) is 14.4. The smallest absolute Gasteiger partial charge is 0.261 e. The monoisotopic (exact) mass is 425 g/mol. The van der Waals surface area contributed by atoms with Gasteiger partial charge in [0.15, 0.2) is 0 Å². The fraction of sp³-hybridized carbons (Fsp3) is 0.143. The van der Waals surface area contributed by atoms with E-state index in [0.717, 1.165) is 5.56 Å². The predicted octanol–water partition coefficient (Wildman–Crippen LogP) is 3.17. The van der Waals surface area contributed by atoms with Crippen molar-refractivity contribution in [3.05, 3.63) is 84.3 Å². The van der Waals surface area contributed by atoms with Crippen LogP contribution in [0, 0.1) is 6.92 Å². The van der Waals surface area contributed by atoms with Crippen molar-refractivity contribution in [1.29, 1.82) is 0 Å². The Bertz CT molecular complexity index is 1140. The van der Waals surface area contributed by atoms with Gasteiger partial charge < -0.3 is 10.1 Å². The van der Waals surface area contributed by atoms with E-state index in [4.69, 9.17) is 4.74 Å². The van der Waals surface area contributed by atoms with Crippen molar-refractivity contribution in [2.45, 2.75) is 18.4 Å². The van der Waals surface area contributed by atoms with Crippen LogP contribution < -0.4 is 14.8 Å². The molecule has 2 aromatic carbocycles. The van der Waals surface area contributed by atoms with E-state index in [1.807, 2.05) is 30.3 Å². The molecule has 0 fully saturated rings. The summed E-state index contributed by atoms with van der Waals surface area (Å²) in [6.45, 7) is 6.03. The number of hydrogen-bond donors (Lipinski definition) is 2. The summed E-state index contributed by atoms with van der Waals surface area (Å²) in [6.07, 6.45) is 3.00. The van der Waals surface area contributed by atoms with Crippen LogP contribution in [-0.2, 0) is 16.6 Å². The normalized spacial score (nSPS) is 11.7. The summed E-state index contributed by atoms with van der Waals surface area (Å²) in [6, 6.07) is 16.0. The van der Waals surface area contributed by atoms with Gasteiger partial charge in [0.2, 0.25) is 5.95 Å². The molecule has 2 N–H and O–H groups in total. The molecule has 1 aromatic heterocycles. The third-order valence-electron chi connectivity index (χ3n) is 4.27. The average molecular weight is 426 g/mol. The first-order valence-corrected chi connectivity index (χ1v) is 10.6. The second-order valence-electron chi connectivity index (χ2n) is 6.35. The molecule has 0 radical (unpaired) electrons. The lowest BCUT2D eigenvalue weighted by atomic mass is 10.2. The molecule has 0 aliphatic rings. The lowest BCUT2D eigenvalue weighted by Crippen LogP contribution is -2.22. The third kappa shape index (κ3) is 5.06. The van der Waals surface area contributed by atoms with Gasteiger partial charge in [0.25, 0.3) is 10.0 Å². The number of anilines is 1. The van der Waals surface area contributed by atoms with Gasteiger partial charge in [-0.1, -0.05) is 36.9 Å². The largest absolute Gasteiger partial charge is 0.497 e. The molecule has 0 aliphatic carbocycles. The Balaban J connectivity index is 1.81. The van der Waals surface area contributed by atoms with E-state index in [-0.39, 0.29) is 10.6 Å². The molecule has 0 bridgehead atoms. The van der Waals surface area contributed by atoms with E-state index in [0.29, 0.717) is 24.1 Å². The Morgan fingerprint density at radius 1 is 1.13 bits per heavy atom. The zero-order chi connectivity index (χ0) is 21.6. The second-order valence-corrected chi connectivity index (χ2v) is 8.03. The zero-order valence-corrected chi connectivity index (χ0v) is 17.6. The Hall–Kier alpha value is -3.59. The Kier molecular flexibility index (Phi) is 6.53. The SMILES string of the molecule is C=C/C(=C\n1c(C)nnc1NCc1ccccc1)NS(=O)(=O)c1ccc(OC)cc1. The van der Waals surface area contributed by atoms with Gasteiger partial charge in [0.05, 0.1) is 17.7 Å². The average Bonchev–Trinajstić information content (AvgIpc) is 3.11. The standard InChI is InChI=1S/C21H23N5O3S/c1-4-18(25-30(27,28)20-12-10-19(29-3)11-13-20)15-26-16(2)23-24-21(26)22-14-17-8-6-5-7-9-17/h4-13,15,25H,1,14H2,2-3H3,(H,22,24)/b18-15+. The number of aryl methyl sites for hydroxylation is 1. The Morgan fingerprint density at radius 3 is 2.47 bits per heavy atom. The molecule has 0 unspecified atom stereocenters. The minimum atomic E-state index is -3.80. The molecular weight excluding hydrogens is 402 g/mol. The molecule has 0 amide bonds. The van der Waals surface area contributed by atoms with Gasteiger partial charge in [-0.05, 0) is 42.8 Å². The molecule has 3 rings (SSSR count). The molecule has 9 heteroatoms. The van der Waals surface area contributed by atoms with Crippen molar-refractivity contribution >= 4 is 22.2 Å². The van der Waals surface area contributed by atoms with E-state index in [9.17, 15) is 8.42 Å². The van der Waals surface area contributed by atoms with Crippen molar-refractivity contribution in [1.82, 2.24) is 19.5 Å². The van der Waals surface area contributed by atoms with Crippen LogP contribution in [-0.4, -0.2) is 30.3 Å². The predicted molar refractivity (Wildman–Crippen MR) is 116 cm³/mol. The lowest BCUT2D eigenvalue weighted by Gasteiger charge is -2.11. The number of nitrogens with one attached hydrogen (secondary N) is 2. The number of allylic oxidation sites excluding steroid dienone is 1. The van der Waals surface area contributed by atoms with Crippen LogP contribution in [0.4, 0.5) is 5.95 Å². The fourth-order valence-corrected chi connectivity index (χ4v) is 3.71. The van der Waals surface area contributed by atoms with Crippen LogP contribution in [0.25, 0.3) is 6.20 Å². The summed E-state index contributed by atoms with van der Waals surface area (Å²) in [5, 5.41) is 11.4. The summed E-state index contributed by atoms with van der Waals surface area (Å²) in [4.78, 5) is 0.110. The van der Waals surface area contributed by atoms with Crippen LogP contribution in [0.5, 0.6) is 5.75 Å². The summed E-state index contributed by atoms with van der Waals surface area (Å²) in [7, 11) is -2.28. The van der Waals surface area contributed by atoms with Crippen LogP contribution in [0.2, 0.25) is 0 Å². The van der Waals surface area contributed by atoms with E-state index < -0.39 is 10.0 Å². The van der Waals surface area contributed by atoms with Crippen LogP contribution in [0.3, 0.4) is 0 Å². The molecule has 0 spiro atoms. The van der Waals surface area contributed by atoms with Gasteiger partial charge in [-0.25, -0.2) is 8.42 Å². The molecular formula is C21H23N5O3S. The molecule has 3 aromatic rings. The number of methoxy groups -OCH3 is 1. The first-order valence-electron chi connectivity index (χ1n) is 9.13. The minimum Gasteiger partial charge on any atom is -0.497 e. The number of ether oxygens (including phenoxy) is 1. The molecule has 30 heavy (non-hydrogen) atoms. The number of sulfonamides is 1. The van der Waals surface area contributed by atoms with Crippen LogP contribution in [0.1, 0.15) is 11.4 Å². The van der Waals surface area contributed by atoms with E-state index in [1.165, 1.54) is 25.3 Å². The van der Waals surface area contributed by atoms with E-state index >= 15 is 0 Å². The maximum absolute atomic E-state index is 12.7. The number of nitrogens with zero attached hydrogens (tertiary/aromatic N) is 3. The Morgan fingerprint density at radius 2 is 1.83 bits per heavy atom. The lowest BCUT2D eigenvalue weighted by molar-refractivity contribution is 0.414. The second kappa shape index (κ2) is 9.27. The van der Waals surface area contributed by atoms with E-state index in [2.05, 4.69) is 26.8 Å². The topological polar surface area (TPSA) is 98.1 Å². The zero-order valence-electron chi connectivity index (χ0n) is 16.7. The quantitative estimate of drug-likeness (QED) is 0.511. The molecule has 0 aliphatic heterocycles. The molecule has 1 heterocycles.